The predicted octanol–water partition coefficient (Wildman–Crippen LogP) is 2.15. The molecule has 78 valence electrons. The standard InChI is InChI=1S/C11H18N2S/c1-9-4-5-11(14-9)10-3-2-7-13(10)8-6-12/h4-5,10H,2-3,6-8,12H2,1H3. The normalized spacial score (nSPS) is 23.1. The maximum absolute atomic E-state index is 5.62. The van der Waals surface area contributed by atoms with Crippen LogP contribution >= 0.6 is 11.3 Å². The highest BCUT2D eigenvalue weighted by Gasteiger charge is 2.25. The fourth-order valence-corrected chi connectivity index (χ4v) is 3.26. The predicted molar refractivity (Wildman–Crippen MR) is 61.7 cm³/mol. The van der Waals surface area contributed by atoms with Crippen molar-refractivity contribution in [2.75, 3.05) is 19.6 Å². The van der Waals surface area contributed by atoms with Crippen LogP contribution < -0.4 is 5.73 Å². The molecule has 2 rings (SSSR count). The number of rotatable bonds is 3. The van der Waals surface area contributed by atoms with Crippen molar-refractivity contribution in [3.63, 3.8) is 0 Å². The summed E-state index contributed by atoms with van der Waals surface area (Å²) < 4.78 is 0. The molecule has 1 aliphatic rings. The zero-order valence-corrected chi connectivity index (χ0v) is 9.52. The number of nitrogens with zero attached hydrogens (tertiary/aromatic N) is 1. The van der Waals surface area contributed by atoms with Crippen molar-refractivity contribution in [3.8, 4) is 0 Å². The average molecular weight is 210 g/mol. The van der Waals surface area contributed by atoms with Gasteiger partial charge in [-0.1, -0.05) is 0 Å². The van der Waals surface area contributed by atoms with Crippen molar-refractivity contribution in [2.24, 2.45) is 5.73 Å². The summed E-state index contributed by atoms with van der Waals surface area (Å²) >= 11 is 1.93. The van der Waals surface area contributed by atoms with E-state index >= 15 is 0 Å². The van der Waals surface area contributed by atoms with E-state index in [2.05, 4.69) is 24.0 Å². The van der Waals surface area contributed by atoms with E-state index in [0.717, 1.165) is 13.1 Å². The van der Waals surface area contributed by atoms with E-state index < -0.39 is 0 Å². The highest BCUT2D eigenvalue weighted by molar-refractivity contribution is 7.12. The van der Waals surface area contributed by atoms with Gasteiger partial charge in [-0.25, -0.2) is 0 Å². The van der Waals surface area contributed by atoms with E-state index in [0.29, 0.717) is 6.04 Å². The van der Waals surface area contributed by atoms with E-state index in [-0.39, 0.29) is 0 Å². The summed E-state index contributed by atoms with van der Waals surface area (Å²) in [6.45, 7) is 5.22. The van der Waals surface area contributed by atoms with Gasteiger partial charge in [0.05, 0.1) is 0 Å². The third kappa shape index (κ3) is 2.00. The Labute approximate surface area is 89.7 Å². The quantitative estimate of drug-likeness (QED) is 0.828. The van der Waals surface area contributed by atoms with Crippen LogP contribution in [0.1, 0.15) is 28.6 Å². The maximum atomic E-state index is 5.62. The van der Waals surface area contributed by atoms with Crippen LogP contribution in [-0.2, 0) is 0 Å². The van der Waals surface area contributed by atoms with Crippen LogP contribution in [0.2, 0.25) is 0 Å². The Balaban J connectivity index is 2.09. The molecule has 1 aliphatic heterocycles. The molecule has 0 amide bonds. The van der Waals surface area contributed by atoms with E-state index in [1.807, 2.05) is 11.3 Å². The smallest absolute Gasteiger partial charge is 0.0442 e. The van der Waals surface area contributed by atoms with Crippen molar-refractivity contribution < 1.29 is 0 Å². The molecule has 1 saturated heterocycles. The highest BCUT2D eigenvalue weighted by Crippen LogP contribution is 2.35. The molecule has 0 aromatic carbocycles. The van der Waals surface area contributed by atoms with Crippen molar-refractivity contribution in [2.45, 2.75) is 25.8 Å². The van der Waals surface area contributed by atoms with Gasteiger partial charge in [0.15, 0.2) is 0 Å². The van der Waals surface area contributed by atoms with Gasteiger partial charge < -0.3 is 5.73 Å². The minimum Gasteiger partial charge on any atom is -0.329 e. The first-order valence-corrected chi connectivity index (χ1v) is 6.13. The van der Waals surface area contributed by atoms with E-state index in [1.165, 1.54) is 29.1 Å². The molecule has 0 aliphatic carbocycles. The molecule has 1 aromatic heterocycles. The summed E-state index contributed by atoms with van der Waals surface area (Å²) in [6, 6.07) is 5.15. The fraction of sp³-hybridized carbons (Fsp3) is 0.636. The molecular formula is C11H18N2S. The van der Waals surface area contributed by atoms with Crippen molar-refractivity contribution >= 4 is 11.3 Å². The van der Waals surface area contributed by atoms with Gasteiger partial charge >= 0.3 is 0 Å². The molecule has 1 fully saturated rings. The van der Waals surface area contributed by atoms with Gasteiger partial charge in [0.1, 0.15) is 0 Å². The average Bonchev–Trinajstić information content (AvgIpc) is 2.74. The summed E-state index contributed by atoms with van der Waals surface area (Å²) in [6.07, 6.45) is 2.63. The summed E-state index contributed by atoms with van der Waals surface area (Å²) in [5.74, 6) is 0. The number of aryl methyl sites for hydroxylation is 1. The first-order chi connectivity index (χ1) is 6.81. The molecular weight excluding hydrogens is 192 g/mol. The van der Waals surface area contributed by atoms with Gasteiger partial charge in [-0.05, 0) is 38.4 Å². The molecule has 1 atom stereocenters. The number of likely N-dealkylation sites (tertiary alicyclic amines) is 1. The first-order valence-electron chi connectivity index (χ1n) is 5.31. The van der Waals surface area contributed by atoms with Gasteiger partial charge in [-0.3, -0.25) is 4.90 Å². The molecule has 0 radical (unpaired) electrons. The lowest BCUT2D eigenvalue weighted by atomic mass is 10.2. The second-order valence-electron chi connectivity index (χ2n) is 3.93. The van der Waals surface area contributed by atoms with Gasteiger partial charge in [-0.15, -0.1) is 11.3 Å². The minimum atomic E-state index is 0.650. The Kier molecular flexibility index (Phi) is 3.21. The van der Waals surface area contributed by atoms with Crippen LogP contribution in [0, 0.1) is 6.92 Å². The lowest BCUT2D eigenvalue weighted by molar-refractivity contribution is 0.268. The molecule has 1 unspecified atom stereocenters. The molecule has 0 spiro atoms. The number of thiophene rings is 1. The van der Waals surface area contributed by atoms with Crippen molar-refractivity contribution in [3.05, 3.63) is 21.9 Å². The second-order valence-corrected chi connectivity index (χ2v) is 5.25. The van der Waals surface area contributed by atoms with Gasteiger partial charge in [0.25, 0.3) is 0 Å². The van der Waals surface area contributed by atoms with Crippen LogP contribution in [0.3, 0.4) is 0 Å². The number of hydrogen-bond acceptors (Lipinski definition) is 3. The largest absolute Gasteiger partial charge is 0.329 e. The third-order valence-electron chi connectivity index (χ3n) is 2.87. The summed E-state index contributed by atoms with van der Waals surface area (Å²) in [4.78, 5) is 5.46. The summed E-state index contributed by atoms with van der Waals surface area (Å²) in [5, 5.41) is 0. The van der Waals surface area contributed by atoms with Gasteiger partial charge in [0, 0.05) is 28.9 Å². The van der Waals surface area contributed by atoms with Crippen molar-refractivity contribution in [1.82, 2.24) is 4.90 Å². The zero-order chi connectivity index (χ0) is 9.97. The number of hydrogen-bond donors (Lipinski definition) is 1. The molecule has 3 heteroatoms. The van der Waals surface area contributed by atoms with E-state index in [1.54, 1.807) is 0 Å². The Morgan fingerprint density at radius 1 is 1.57 bits per heavy atom. The maximum Gasteiger partial charge on any atom is 0.0442 e. The molecule has 14 heavy (non-hydrogen) atoms. The minimum absolute atomic E-state index is 0.650. The zero-order valence-electron chi connectivity index (χ0n) is 8.70. The van der Waals surface area contributed by atoms with Crippen LogP contribution in [-0.4, -0.2) is 24.5 Å². The van der Waals surface area contributed by atoms with E-state index in [9.17, 15) is 0 Å². The topological polar surface area (TPSA) is 29.3 Å². The fourth-order valence-electron chi connectivity index (χ4n) is 2.21. The molecule has 0 saturated carbocycles. The SMILES string of the molecule is Cc1ccc(C2CCCN2CCN)s1. The highest BCUT2D eigenvalue weighted by atomic mass is 32.1. The summed E-state index contributed by atoms with van der Waals surface area (Å²) in [7, 11) is 0. The van der Waals surface area contributed by atoms with Crippen LogP contribution in [0.15, 0.2) is 12.1 Å². The second kappa shape index (κ2) is 4.43. The molecule has 0 bridgehead atoms. The van der Waals surface area contributed by atoms with Gasteiger partial charge in [0.2, 0.25) is 0 Å². The van der Waals surface area contributed by atoms with Crippen LogP contribution in [0.25, 0.3) is 0 Å². The number of nitrogens with two attached hydrogens (primary N) is 1. The molecule has 1 aromatic rings. The Bertz CT molecular complexity index is 295. The Hall–Kier alpha value is -0.380. The van der Waals surface area contributed by atoms with Crippen molar-refractivity contribution in [1.29, 1.82) is 0 Å². The monoisotopic (exact) mass is 210 g/mol. The van der Waals surface area contributed by atoms with Crippen LogP contribution in [0.5, 0.6) is 0 Å². The Morgan fingerprint density at radius 2 is 2.43 bits per heavy atom. The Morgan fingerprint density at radius 3 is 3.07 bits per heavy atom. The third-order valence-corrected chi connectivity index (χ3v) is 3.97. The van der Waals surface area contributed by atoms with Crippen LogP contribution in [0.4, 0.5) is 0 Å². The molecule has 2 heterocycles. The van der Waals surface area contributed by atoms with E-state index in [4.69, 9.17) is 5.73 Å². The van der Waals surface area contributed by atoms with Gasteiger partial charge in [-0.2, -0.15) is 0 Å². The lowest BCUT2D eigenvalue weighted by Gasteiger charge is -2.22. The molecule has 2 nitrogen and oxygen atoms in total. The summed E-state index contributed by atoms with van der Waals surface area (Å²) in [5.41, 5.74) is 5.62. The lowest BCUT2D eigenvalue weighted by Crippen LogP contribution is -2.28. The molecule has 2 N–H and O–H groups in total. The first kappa shape index (κ1) is 10.1.